The minimum absolute atomic E-state index is 0.0989. The highest BCUT2D eigenvalue weighted by Gasteiger charge is 2.10. The SMILES string of the molecule is Cc1cc(OCCCCC#N)ccc1[N+](=O)[O-]. The molecule has 0 aromatic heterocycles. The van der Waals surface area contributed by atoms with E-state index < -0.39 is 4.92 Å². The van der Waals surface area contributed by atoms with Gasteiger partial charge < -0.3 is 4.74 Å². The van der Waals surface area contributed by atoms with Crippen LogP contribution >= 0.6 is 0 Å². The molecule has 0 aliphatic carbocycles. The third kappa shape index (κ3) is 4.11. The van der Waals surface area contributed by atoms with Crippen molar-refractivity contribution in [2.24, 2.45) is 0 Å². The van der Waals surface area contributed by atoms with Gasteiger partial charge in [-0.2, -0.15) is 5.26 Å². The highest BCUT2D eigenvalue weighted by molar-refractivity contribution is 5.44. The fourth-order valence-electron chi connectivity index (χ4n) is 1.42. The molecule has 5 heteroatoms. The number of ether oxygens (including phenoxy) is 1. The second kappa shape index (κ2) is 6.48. The summed E-state index contributed by atoms with van der Waals surface area (Å²) in [6.07, 6.45) is 2.15. The van der Waals surface area contributed by atoms with E-state index in [1.54, 1.807) is 19.1 Å². The Balaban J connectivity index is 2.48. The molecule has 0 heterocycles. The van der Waals surface area contributed by atoms with Crippen LogP contribution in [0.4, 0.5) is 5.69 Å². The Morgan fingerprint density at radius 3 is 2.82 bits per heavy atom. The monoisotopic (exact) mass is 234 g/mol. The van der Waals surface area contributed by atoms with E-state index in [2.05, 4.69) is 6.07 Å². The topological polar surface area (TPSA) is 76.2 Å². The van der Waals surface area contributed by atoms with Crippen molar-refractivity contribution in [1.29, 1.82) is 5.26 Å². The molecule has 0 spiro atoms. The molecule has 0 saturated carbocycles. The van der Waals surface area contributed by atoms with Crippen LogP contribution in [0.15, 0.2) is 18.2 Å². The number of benzene rings is 1. The molecule has 0 radical (unpaired) electrons. The number of unbranched alkanes of at least 4 members (excludes halogenated alkanes) is 2. The minimum atomic E-state index is -0.411. The summed E-state index contributed by atoms with van der Waals surface area (Å²) in [5, 5.41) is 18.9. The van der Waals surface area contributed by atoms with E-state index in [1.165, 1.54) is 6.07 Å². The molecule has 0 amide bonds. The maximum absolute atomic E-state index is 10.6. The first-order chi connectivity index (χ1) is 8.15. The molecule has 0 atom stereocenters. The van der Waals surface area contributed by atoms with E-state index in [1.807, 2.05) is 0 Å². The Kier molecular flexibility index (Phi) is 4.95. The normalized spacial score (nSPS) is 9.65. The second-order valence-corrected chi connectivity index (χ2v) is 3.67. The zero-order valence-electron chi connectivity index (χ0n) is 9.68. The zero-order valence-corrected chi connectivity index (χ0v) is 9.68. The van der Waals surface area contributed by atoms with Gasteiger partial charge in [0.15, 0.2) is 0 Å². The van der Waals surface area contributed by atoms with Gasteiger partial charge in [0.05, 0.1) is 17.6 Å². The lowest BCUT2D eigenvalue weighted by atomic mass is 10.2. The third-order valence-corrected chi connectivity index (χ3v) is 2.32. The minimum Gasteiger partial charge on any atom is -0.494 e. The first-order valence-corrected chi connectivity index (χ1v) is 5.40. The van der Waals surface area contributed by atoms with Crippen molar-refractivity contribution in [3.05, 3.63) is 33.9 Å². The van der Waals surface area contributed by atoms with E-state index in [4.69, 9.17) is 10.00 Å². The summed E-state index contributed by atoms with van der Waals surface area (Å²) in [7, 11) is 0. The fraction of sp³-hybridized carbons (Fsp3) is 0.417. The molecule has 0 aliphatic rings. The van der Waals surface area contributed by atoms with E-state index in [0.29, 0.717) is 24.3 Å². The van der Waals surface area contributed by atoms with Crippen LogP contribution in [0.3, 0.4) is 0 Å². The van der Waals surface area contributed by atoms with Gasteiger partial charge in [-0.3, -0.25) is 10.1 Å². The van der Waals surface area contributed by atoms with Crippen molar-refractivity contribution in [1.82, 2.24) is 0 Å². The first kappa shape index (κ1) is 13.0. The number of hydrogen-bond acceptors (Lipinski definition) is 4. The smallest absolute Gasteiger partial charge is 0.272 e. The molecule has 1 aromatic carbocycles. The molecule has 90 valence electrons. The summed E-state index contributed by atoms with van der Waals surface area (Å²) in [6.45, 7) is 2.21. The van der Waals surface area contributed by atoms with Crippen molar-refractivity contribution < 1.29 is 9.66 Å². The lowest BCUT2D eigenvalue weighted by molar-refractivity contribution is -0.385. The Morgan fingerprint density at radius 2 is 2.24 bits per heavy atom. The Morgan fingerprint density at radius 1 is 1.47 bits per heavy atom. The van der Waals surface area contributed by atoms with Crippen molar-refractivity contribution in [3.63, 3.8) is 0 Å². The van der Waals surface area contributed by atoms with Crippen LogP contribution in [0.5, 0.6) is 5.75 Å². The van der Waals surface area contributed by atoms with Crippen molar-refractivity contribution >= 4 is 5.69 Å². The molecule has 0 fully saturated rings. The Bertz CT molecular complexity index is 438. The molecule has 0 N–H and O–H groups in total. The molecule has 0 bridgehead atoms. The lowest BCUT2D eigenvalue weighted by Crippen LogP contribution is -1.98. The van der Waals surface area contributed by atoms with Crippen LogP contribution < -0.4 is 4.74 Å². The van der Waals surface area contributed by atoms with Crippen molar-refractivity contribution in [2.45, 2.75) is 26.2 Å². The van der Waals surface area contributed by atoms with Gasteiger partial charge in [-0.15, -0.1) is 0 Å². The standard InChI is InChI=1S/C12H14N2O3/c1-10-9-11(5-6-12(10)14(15)16)17-8-4-2-3-7-13/h5-6,9H,2-4,8H2,1H3. The van der Waals surface area contributed by atoms with Crippen LogP contribution in [-0.2, 0) is 0 Å². The summed E-state index contributed by atoms with van der Waals surface area (Å²) in [6, 6.07) is 6.76. The highest BCUT2D eigenvalue weighted by atomic mass is 16.6. The predicted octanol–water partition coefficient (Wildman–Crippen LogP) is 2.98. The van der Waals surface area contributed by atoms with Gasteiger partial charge in [0.1, 0.15) is 5.75 Å². The number of nitro groups is 1. The quantitative estimate of drug-likeness (QED) is 0.430. The van der Waals surface area contributed by atoms with Gasteiger partial charge in [0.25, 0.3) is 5.69 Å². The Labute approximate surface area is 99.8 Å². The van der Waals surface area contributed by atoms with Crippen molar-refractivity contribution in [3.8, 4) is 11.8 Å². The highest BCUT2D eigenvalue weighted by Crippen LogP contribution is 2.23. The van der Waals surface area contributed by atoms with Gasteiger partial charge in [-0.05, 0) is 31.9 Å². The van der Waals surface area contributed by atoms with Gasteiger partial charge in [0.2, 0.25) is 0 Å². The number of nitriles is 1. The molecule has 17 heavy (non-hydrogen) atoms. The van der Waals surface area contributed by atoms with E-state index in [0.717, 1.165) is 12.8 Å². The molecule has 5 nitrogen and oxygen atoms in total. The van der Waals surface area contributed by atoms with Crippen molar-refractivity contribution in [2.75, 3.05) is 6.61 Å². The second-order valence-electron chi connectivity index (χ2n) is 3.67. The molecule has 0 saturated heterocycles. The summed E-state index contributed by atoms with van der Waals surface area (Å²) in [5.41, 5.74) is 0.686. The van der Waals surface area contributed by atoms with E-state index >= 15 is 0 Å². The fourth-order valence-corrected chi connectivity index (χ4v) is 1.42. The summed E-state index contributed by atoms with van der Waals surface area (Å²) in [5.74, 6) is 0.630. The molecule has 0 aliphatic heterocycles. The number of nitro benzene ring substituents is 1. The average molecular weight is 234 g/mol. The number of hydrogen-bond donors (Lipinski definition) is 0. The summed E-state index contributed by atoms with van der Waals surface area (Å²) in [4.78, 5) is 10.2. The third-order valence-electron chi connectivity index (χ3n) is 2.32. The van der Waals surface area contributed by atoms with Gasteiger partial charge in [-0.25, -0.2) is 0 Å². The van der Waals surface area contributed by atoms with Crippen LogP contribution in [-0.4, -0.2) is 11.5 Å². The molecule has 1 rings (SSSR count). The molecular formula is C12H14N2O3. The van der Waals surface area contributed by atoms with Crippen LogP contribution in [0.25, 0.3) is 0 Å². The van der Waals surface area contributed by atoms with Gasteiger partial charge in [-0.1, -0.05) is 0 Å². The Hall–Kier alpha value is -2.09. The van der Waals surface area contributed by atoms with Crippen LogP contribution in [0, 0.1) is 28.4 Å². The predicted molar refractivity (Wildman–Crippen MR) is 62.8 cm³/mol. The number of rotatable bonds is 6. The lowest BCUT2D eigenvalue weighted by Gasteiger charge is -2.06. The molecule has 0 unspecified atom stereocenters. The average Bonchev–Trinajstić information content (AvgIpc) is 2.28. The summed E-state index contributed by atoms with van der Waals surface area (Å²) < 4.78 is 5.44. The first-order valence-electron chi connectivity index (χ1n) is 5.40. The molecule has 1 aromatic rings. The van der Waals surface area contributed by atoms with E-state index in [9.17, 15) is 10.1 Å². The van der Waals surface area contributed by atoms with Gasteiger partial charge >= 0.3 is 0 Å². The van der Waals surface area contributed by atoms with Gasteiger partial charge in [0, 0.05) is 18.1 Å². The maximum Gasteiger partial charge on any atom is 0.272 e. The summed E-state index contributed by atoms with van der Waals surface area (Å²) >= 11 is 0. The zero-order chi connectivity index (χ0) is 12.7. The maximum atomic E-state index is 10.6. The number of aryl methyl sites for hydroxylation is 1. The van der Waals surface area contributed by atoms with Crippen LogP contribution in [0.1, 0.15) is 24.8 Å². The molecular weight excluding hydrogens is 220 g/mol. The number of nitrogens with zero attached hydrogens (tertiary/aromatic N) is 2. The van der Waals surface area contributed by atoms with E-state index in [-0.39, 0.29) is 5.69 Å². The van der Waals surface area contributed by atoms with Crippen LogP contribution in [0.2, 0.25) is 0 Å². The largest absolute Gasteiger partial charge is 0.494 e.